The largest absolute Gasteiger partial charge is 2.00 e. The van der Waals surface area contributed by atoms with Crippen LogP contribution in [-0.4, -0.2) is 35.9 Å². The van der Waals surface area contributed by atoms with Crippen molar-refractivity contribution >= 4 is 5.91 Å². The molecule has 3 aromatic rings. The summed E-state index contributed by atoms with van der Waals surface area (Å²) in [5.74, 6) is -0.602. The van der Waals surface area contributed by atoms with Gasteiger partial charge in [0.05, 0.1) is 18.7 Å². The van der Waals surface area contributed by atoms with E-state index in [2.05, 4.69) is 10.8 Å². The molecule has 0 saturated heterocycles. The molecule has 0 aliphatic carbocycles. The van der Waals surface area contributed by atoms with Crippen molar-refractivity contribution in [3.05, 3.63) is 96.4 Å². The van der Waals surface area contributed by atoms with E-state index in [-0.39, 0.29) is 56.4 Å². The van der Waals surface area contributed by atoms with E-state index in [1.165, 1.54) is 42.3 Å². The molecular formula is C25H22F3NO4U. The van der Waals surface area contributed by atoms with Gasteiger partial charge in [0.2, 0.25) is 0 Å². The first kappa shape index (κ1) is 27.6. The summed E-state index contributed by atoms with van der Waals surface area (Å²) >= 11 is 0. The zero-order chi connectivity index (χ0) is 22.9. The average Bonchev–Trinajstić information content (AvgIpc) is 2.77. The Kier molecular flexibility index (Phi) is 9.10. The fourth-order valence-corrected chi connectivity index (χ4v) is 3.98. The van der Waals surface area contributed by atoms with Gasteiger partial charge in [0.25, 0.3) is 5.91 Å². The number of hydrogen-bond acceptors (Lipinski definition) is 4. The maximum atomic E-state index is 13.5. The number of fused-ring (bicyclic) bond motifs is 1. The molecule has 34 heavy (non-hydrogen) atoms. The second-order valence-corrected chi connectivity index (χ2v) is 7.25. The molecule has 9 heteroatoms. The van der Waals surface area contributed by atoms with Crippen LogP contribution in [-0.2, 0) is 6.42 Å². The van der Waals surface area contributed by atoms with Crippen LogP contribution in [0.1, 0.15) is 33.1 Å². The number of amides is 1. The third kappa shape index (κ3) is 5.71. The van der Waals surface area contributed by atoms with Gasteiger partial charge in [-0.2, -0.15) is 12.1 Å². The number of ether oxygens (including phenoxy) is 2. The third-order valence-corrected chi connectivity index (χ3v) is 5.32. The topological polar surface area (TPSA) is 59.0 Å². The molecule has 0 aromatic heterocycles. The molecular weight excluding hydrogens is 673 g/mol. The summed E-state index contributed by atoms with van der Waals surface area (Å²) < 4.78 is 48.4. The number of carbonyl (C=O) groups is 1. The molecule has 5 nitrogen and oxygen atoms in total. The summed E-state index contributed by atoms with van der Waals surface area (Å²) in [5, 5.41) is 9.72. The van der Waals surface area contributed by atoms with Gasteiger partial charge in [-0.05, 0) is 29.8 Å². The summed E-state index contributed by atoms with van der Waals surface area (Å²) in [6, 6.07) is 17.5. The van der Waals surface area contributed by atoms with Gasteiger partial charge in [-0.3, -0.25) is 4.79 Å². The van der Waals surface area contributed by atoms with Gasteiger partial charge in [-0.25, -0.2) is 0 Å². The number of phenolic OH excluding ortho intramolecular Hbond substituents is 1. The van der Waals surface area contributed by atoms with E-state index in [4.69, 9.17) is 4.74 Å². The number of methoxy groups -OCH3 is 1. The summed E-state index contributed by atoms with van der Waals surface area (Å²) in [7, 11) is 1.50. The van der Waals surface area contributed by atoms with Crippen LogP contribution in [0.5, 0.6) is 17.2 Å². The van der Waals surface area contributed by atoms with Crippen LogP contribution in [0.2, 0.25) is 0 Å². The molecule has 176 valence electrons. The fraction of sp³-hybridized carbons (Fsp3) is 0.200. The number of carbonyl (C=O) groups excluding carboxylic acids is 1. The number of halogens is 3. The molecule has 0 radical (unpaired) electrons. The van der Waals surface area contributed by atoms with Gasteiger partial charge >= 0.3 is 37.5 Å². The molecule has 3 aromatic carbocycles. The van der Waals surface area contributed by atoms with Gasteiger partial charge in [0.1, 0.15) is 11.5 Å². The molecule has 1 N–H and O–H groups in total. The quantitative estimate of drug-likeness (QED) is 0.375. The second kappa shape index (κ2) is 11.2. The Morgan fingerprint density at radius 1 is 1.09 bits per heavy atom. The standard InChI is InChI=1S/C24H19F3NO4.CH3.U/c1-31-20-8-4-5-15-13-14-28(22(21(15)20)16-9-11-17(29)12-10-16)23(30)18-6-2-3-7-19(18)32-24(25,26)27;;/h2-3,5-12,22,29H,13-14H2,1H3;1H3;/q2*-1;+2. The van der Waals surface area contributed by atoms with Crippen LogP contribution < -0.4 is 9.47 Å². The molecule has 0 fully saturated rings. The summed E-state index contributed by atoms with van der Waals surface area (Å²) in [6.07, 6.45) is -4.45. The number of nitrogens with zero attached hydrogens (tertiary/aromatic N) is 1. The molecule has 1 aliphatic heterocycles. The number of rotatable bonds is 4. The van der Waals surface area contributed by atoms with Gasteiger partial charge in [-0.15, -0.1) is 24.8 Å². The van der Waals surface area contributed by atoms with Crippen molar-refractivity contribution in [1.29, 1.82) is 0 Å². The Labute approximate surface area is 219 Å². The van der Waals surface area contributed by atoms with Crippen molar-refractivity contribution in [3.63, 3.8) is 0 Å². The van der Waals surface area contributed by atoms with E-state index in [9.17, 15) is 23.1 Å². The van der Waals surface area contributed by atoms with Gasteiger partial charge in [0, 0.05) is 12.3 Å². The molecule has 0 saturated carbocycles. The first-order valence-corrected chi connectivity index (χ1v) is 9.80. The SMILES string of the molecule is COc1c[c-]cc2c1C(c1ccc(O)cc1)N(C(=O)c1ccccc1OC(F)(F)F)CC2.[CH3-].[U+2]. The van der Waals surface area contributed by atoms with E-state index >= 15 is 0 Å². The zero-order valence-electron chi connectivity index (χ0n) is 18.5. The molecule has 1 amide bonds. The predicted molar refractivity (Wildman–Crippen MR) is 116 cm³/mol. The van der Waals surface area contributed by atoms with Crippen molar-refractivity contribution in [1.82, 2.24) is 4.90 Å². The van der Waals surface area contributed by atoms with E-state index in [1.807, 2.05) is 6.07 Å². The minimum Gasteiger partial charge on any atom is -0.554 e. The molecule has 0 spiro atoms. The van der Waals surface area contributed by atoms with E-state index < -0.39 is 24.1 Å². The molecule has 4 rings (SSSR count). The van der Waals surface area contributed by atoms with Crippen molar-refractivity contribution in [2.24, 2.45) is 0 Å². The maximum Gasteiger partial charge on any atom is 2.00 e. The van der Waals surface area contributed by atoms with Crippen LogP contribution in [0.4, 0.5) is 13.2 Å². The van der Waals surface area contributed by atoms with Gasteiger partial charge < -0.3 is 26.9 Å². The van der Waals surface area contributed by atoms with E-state index in [1.54, 1.807) is 18.2 Å². The molecule has 1 heterocycles. The molecule has 1 unspecified atom stereocenters. The first-order valence-electron chi connectivity index (χ1n) is 9.80. The van der Waals surface area contributed by atoms with Crippen LogP contribution in [0.3, 0.4) is 0 Å². The van der Waals surface area contributed by atoms with E-state index in [0.717, 1.165) is 17.2 Å². The van der Waals surface area contributed by atoms with Crippen molar-refractivity contribution in [2.75, 3.05) is 13.7 Å². The van der Waals surface area contributed by atoms with Crippen LogP contribution in [0.15, 0.2) is 60.7 Å². The summed E-state index contributed by atoms with van der Waals surface area (Å²) in [5.41, 5.74) is 2.13. The van der Waals surface area contributed by atoms with Crippen LogP contribution >= 0.6 is 0 Å². The average molecular weight is 695 g/mol. The zero-order valence-corrected chi connectivity index (χ0v) is 22.7. The minimum absolute atomic E-state index is 0. The minimum atomic E-state index is -4.93. The van der Waals surface area contributed by atoms with Crippen molar-refractivity contribution < 1.29 is 63.7 Å². The molecule has 1 aliphatic rings. The van der Waals surface area contributed by atoms with Crippen molar-refractivity contribution in [3.8, 4) is 17.2 Å². The Morgan fingerprint density at radius 3 is 2.41 bits per heavy atom. The van der Waals surface area contributed by atoms with Gasteiger partial charge in [0.15, 0.2) is 0 Å². The number of benzene rings is 3. The van der Waals surface area contributed by atoms with Crippen molar-refractivity contribution in [2.45, 2.75) is 18.8 Å². The van der Waals surface area contributed by atoms with E-state index in [0.29, 0.717) is 17.7 Å². The van der Waals surface area contributed by atoms with Gasteiger partial charge in [-0.1, -0.05) is 36.2 Å². The summed E-state index contributed by atoms with van der Waals surface area (Å²) in [6.45, 7) is 0.263. The molecule has 0 bridgehead atoms. The number of para-hydroxylation sites is 1. The maximum absolute atomic E-state index is 13.5. The smallest absolute Gasteiger partial charge is 0.554 e. The number of alkyl halides is 3. The number of aromatic hydroxyl groups is 1. The Morgan fingerprint density at radius 2 is 1.76 bits per heavy atom. The predicted octanol–water partition coefficient (Wildman–Crippen LogP) is 5.34. The normalized spacial score (nSPS) is 14.8. The van der Waals surface area contributed by atoms with Crippen LogP contribution in [0, 0.1) is 44.6 Å². The Balaban J connectivity index is 0.00000204. The summed E-state index contributed by atoms with van der Waals surface area (Å²) in [4.78, 5) is 15.0. The molecule has 1 atom stereocenters. The Hall–Kier alpha value is -2.63. The monoisotopic (exact) mass is 695 g/mol. The third-order valence-electron chi connectivity index (χ3n) is 5.32. The Bertz CT molecular complexity index is 1120. The number of hydrogen-bond donors (Lipinski definition) is 1. The second-order valence-electron chi connectivity index (χ2n) is 7.25. The fourth-order valence-electron chi connectivity index (χ4n) is 3.98. The number of phenols is 1. The first-order chi connectivity index (χ1) is 15.3. The van der Waals surface area contributed by atoms with Crippen LogP contribution in [0.25, 0.3) is 0 Å².